The minimum atomic E-state index is -3.25. The number of nitrogens with one attached hydrogen (secondary N) is 1. The van der Waals surface area contributed by atoms with Crippen molar-refractivity contribution in [2.45, 2.75) is 74.1 Å². The second-order valence-corrected chi connectivity index (χ2v) is 13.7. The number of fused-ring (bicyclic) bond motifs is 3. The lowest BCUT2D eigenvalue weighted by atomic mass is 9.76. The number of anilines is 1. The van der Waals surface area contributed by atoms with Crippen molar-refractivity contribution in [2.75, 3.05) is 12.0 Å². The van der Waals surface area contributed by atoms with Crippen molar-refractivity contribution >= 4 is 33.3 Å². The Morgan fingerprint density at radius 3 is 2.60 bits per heavy atom. The molecule has 2 fully saturated rings. The Morgan fingerprint density at radius 2 is 1.95 bits per heavy atom. The van der Waals surface area contributed by atoms with Crippen LogP contribution >= 0.6 is 10.6 Å². The summed E-state index contributed by atoms with van der Waals surface area (Å²) in [5, 5.41) is 32.6. The van der Waals surface area contributed by atoms with Crippen LogP contribution in [0.5, 0.6) is 0 Å². The van der Waals surface area contributed by atoms with Crippen LogP contribution in [0.2, 0.25) is 0 Å². The number of nitrogens with zero attached hydrogens (tertiary/aromatic N) is 8. The van der Waals surface area contributed by atoms with Gasteiger partial charge in [0, 0.05) is 59.3 Å². The summed E-state index contributed by atoms with van der Waals surface area (Å²) in [6.45, 7) is 0. The fourth-order valence-electron chi connectivity index (χ4n) is 7.04. The number of pyridine rings is 1. The van der Waals surface area contributed by atoms with E-state index in [9.17, 15) is 19.4 Å². The van der Waals surface area contributed by atoms with Crippen LogP contribution in [0.1, 0.15) is 79.9 Å². The molecule has 4 aromatic heterocycles. The number of rotatable bonds is 6. The van der Waals surface area contributed by atoms with Gasteiger partial charge in [-0.2, -0.15) is 25.3 Å². The first kappa shape index (κ1) is 27.9. The fraction of sp³-hybridized carbons (Fsp3) is 0.429. The molecule has 0 spiro atoms. The van der Waals surface area contributed by atoms with Crippen LogP contribution in [-0.4, -0.2) is 78.1 Å². The molecule has 3 atom stereocenters. The maximum Gasteiger partial charge on any atom is 0.278 e. The molecule has 7 N–H and O–H groups in total. The van der Waals surface area contributed by atoms with Gasteiger partial charge < -0.3 is 10.8 Å². The molecule has 43 heavy (non-hydrogen) atoms. The number of hydrogen-bond acceptors (Lipinski definition) is 11. The lowest BCUT2D eigenvalue weighted by molar-refractivity contribution is -0.905. The van der Waals surface area contributed by atoms with Crippen molar-refractivity contribution in [3.05, 3.63) is 65.9 Å². The van der Waals surface area contributed by atoms with Crippen molar-refractivity contribution in [3.63, 3.8) is 0 Å². The molecule has 0 radical (unpaired) electrons. The number of aliphatic imine (C=N–C) groups is 1. The highest BCUT2D eigenvalue weighted by Gasteiger charge is 2.44. The van der Waals surface area contributed by atoms with Gasteiger partial charge in [0.05, 0.1) is 11.9 Å². The molecule has 7 heterocycles. The predicted octanol–water partition coefficient (Wildman–Crippen LogP) is 3.11. The van der Waals surface area contributed by atoms with Crippen molar-refractivity contribution in [1.82, 2.24) is 34.7 Å². The van der Waals surface area contributed by atoms with E-state index >= 15 is 0 Å². The molecule has 3 unspecified atom stereocenters. The molecule has 4 aromatic rings. The van der Waals surface area contributed by atoms with E-state index in [0.29, 0.717) is 48.5 Å². The van der Waals surface area contributed by atoms with Gasteiger partial charge in [0.2, 0.25) is 6.20 Å². The highest BCUT2D eigenvalue weighted by molar-refractivity contribution is 8.23. The SMILES string of the molecule is CS(O)(O)c1c(C2CC3CCCC(C2)N3C(O)c2ncn[nH]2)nc2c(C3=CN=C(c4cccc[n+]4O)CC3)cnn2c1N. The molecular formula is C28H35N10O4S+. The zero-order valence-corrected chi connectivity index (χ0v) is 24.5. The van der Waals surface area contributed by atoms with Crippen molar-refractivity contribution in [1.29, 1.82) is 0 Å². The first-order valence-electron chi connectivity index (χ1n) is 14.4. The monoisotopic (exact) mass is 607 g/mol. The van der Waals surface area contributed by atoms with Crippen molar-refractivity contribution in [3.8, 4) is 0 Å². The van der Waals surface area contributed by atoms with Gasteiger partial charge in [0.25, 0.3) is 5.69 Å². The number of aliphatic hydroxyl groups excluding tert-OH is 1. The maximum absolute atomic E-state index is 11.2. The second-order valence-electron chi connectivity index (χ2n) is 11.6. The number of aliphatic hydroxyl groups is 1. The minimum absolute atomic E-state index is 0.0498. The second kappa shape index (κ2) is 10.7. The van der Waals surface area contributed by atoms with E-state index < -0.39 is 16.8 Å². The standard InChI is InChI=1S/C28H34N10O4S/c1-43(41,42)24-23(17-11-18-5-4-6-19(12-17)37(18)28(39)26-31-15-32-35-26)34-27-20(14-33-38(27)25(24)29)16-8-9-21(30-13-16)22-7-2-3-10-36(22)40/h2-3,7,10,13-15,17-19,28-29,39-40H,4-6,8-9,11-12H2,1H3,(H3,31,32,35,41,42)/p+1. The molecule has 0 amide bonds. The molecule has 15 heteroatoms. The van der Waals surface area contributed by atoms with Gasteiger partial charge in [-0.1, -0.05) is 6.42 Å². The molecule has 0 saturated carbocycles. The number of piperidine rings is 2. The van der Waals surface area contributed by atoms with Crippen LogP contribution in [0.25, 0.3) is 11.2 Å². The molecule has 2 saturated heterocycles. The van der Waals surface area contributed by atoms with E-state index in [0.717, 1.165) is 40.8 Å². The predicted molar refractivity (Wildman–Crippen MR) is 159 cm³/mol. The summed E-state index contributed by atoms with van der Waals surface area (Å²) < 4.78 is 24.5. The first-order chi connectivity index (χ1) is 20.7. The van der Waals surface area contributed by atoms with Gasteiger partial charge in [0.15, 0.2) is 23.5 Å². The summed E-state index contributed by atoms with van der Waals surface area (Å²) >= 11 is 0. The quantitative estimate of drug-likeness (QED) is 0.140. The number of aromatic nitrogens is 7. The molecule has 7 rings (SSSR count). The summed E-state index contributed by atoms with van der Waals surface area (Å²) in [5.41, 5.74) is 10.9. The Balaban J connectivity index is 1.27. The van der Waals surface area contributed by atoms with Crippen LogP contribution < -0.4 is 10.5 Å². The summed E-state index contributed by atoms with van der Waals surface area (Å²) in [4.78, 5) is 16.2. The largest absolute Gasteiger partial charge is 0.382 e. The van der Waals surface area contributed by atoms with Crippen LogP contribution in [0.4, 0.5) is 5.82 Å². The molecule has 3 aliphatic rings. The van der Waals surface area contributed by atoms with Crippen LogP contribution in [0, 0.1) is 0 Å². The third-order valence-electron chi connectivity index (χ3n) is 8.92. The Kier molecular flexibility index (Phi) is 6.93. The molecular weight excluding hydrogens is 572 g/mol. The van der Waals surface area contributed by atoms with Crippen LogP contribution in [0.3, 0.4) is 0 Å². The van der Waals surface area contributed by atoms with Crippen molar-refractivity contribution < 1.29 is 24.1 Å². The van der Waals surface area contributed by atoms with Gasteiger partial charge in [-0.25, -0.2) is 9.97 Å². The fourth-order valence-corrected chi connectivity index (χ4v) is 8.13. The lowest BCUT2D eigenvalue weighted by Gasteiger charge is -2.50. The van der Waals surface area contributed by atoms with Gasteiger partial charge in [-0.15, -0.1) is 0 Å². The number of hydrogen-bond donors (Lipinski definition) is 6. The smallest absolute Gasteiger partial charge is 0.278 e. The minimum Gasteiger partial charge on any atom is -0.382 e. The van der Waals surface area contributed by atoms with Crippen LogP contribution in [0.15, 0.2) is 53.0 Å². The molecule has 0 aromatic carbocycles. The molecule has 226 valence electrons. The van der Waals surface area contributed by atoms with Gasteiger partial charge >= 0.3 is 0 Å². The van der Waals surface area contributed by atoms with E-state index in [1.807, 2.05) is 12.1 Å². The Bertz CT molecular complexity index is 1720. The van der Waals surface area contributed by atoms with E-state index in [2.05, 4.69) is 30.2 Å². The first-order valence-corrected chi connectivity index (χ1v) is 16.3. The average molecular weight is 608 g/mol. The summed E-state index contributed by atoms with van der Waals surface area (Å²) in [5.74, 6) is 0.473. The number of nitrogens with two attached hydrogens (primary N) is 1. The summed E-state index contributed by atoms with van der Waals surface area (Å²) in [6, 6.07) is 5.52. The Hall–Kier alpha value is -3.89. The Morgan fingerprint density at radius 1 is 1.16 bits per heavy atom. The third kappa shape index (κ3) is 4.86. The molecule has 2 bridgehead atoms. The van der Waals surface area contributed by atoms with Gasteiger partial charge in [-0.3, -0.25) is 29.3 Å². The maximum atomic E-state index is 11.2. The number of aromatic amines is 1. The van der Waals surface area contributed by atoms with E-state index in [1.54, 1.807) is 24.7 Å². The zero-order valence-electron chi connectivity index (χ0n) is 23.7. The summed E-state index contributed by atoms with van der Waals surface area (Å²) in [6.07, 6.45) is 12.4. The summed E-state index contributed by atoms with van der Waals surface area (Å²) in [7, 11) is -3.25. The van der Waals surface area contributed by atoms with Gasteiger partial charge in [0.1, 0.15) is 16.9 Å². The van der Waals surface area contributed by atoms with Crippen molar-refractivity contribution in [2.24, 2.45) is 4.99 Å². The van der Waals surface area contributed by atoms with E-state index in [1.165, 1.54) is 17.1 Å². The molecule has 3 aliphatic heterocycles. The Labute approximate surface area is 248 Å². The highest BCUT2D eigenvalue weighted by atomic mass is 32.3. The number of nitrogen functional groups attached to an aromatic ring is 1. The lowest BCUT2D eigenvalue weighted by Crippen LogP contribution is -2.53. The van der Waals surface area contributed by atoms with E-state index in [4.69, 9.17) is 10.7 Å². The molecule has 0 aliphatic carbocycles. The zero-order chi connectivity index (χ0) is 29.9. The van der Waals surface area contributed by atoms with Gasteiger partial charge in [-0.05, 0) is 43.7 Å². The molecule has 14 nitrogen and oxygen atoms in total. The normalized spacial score (nSPS) is 24.0. The van der Waals surface area contributed by atoms with Crippen LogP contribution in [-0.2, 0) is 0 Å². The topological polar surface area (TPSA) is 198 Å². The number of allylic oxidation sites excluding steroid dienone is 1. The number of H-pyrrole nitrogens is 1. The van der Waals surface area contributed by atoms with E-state index in [-0.39, 0.29) is 28.7 Å². The third-order valence-corrected chi connectivity index (χ3v) is 10.1. The highest BCUT2D eigenvalue weighted by Crippen LogP contribution is 2.54. The average Bonchev–Trinajstić information content (AvgIpc) is 3.67.